The molecule has 0 radical (unpaired) electrons. The van der Waals surface area contributed by atoms with Crippen LogP contribution in [0.2, 0.25) is 0 Å². The van der Waals surface area contributed by atoms with E-state index < -0.39 is 0 Å². The smallest absolute Gasteiger partial charge is 0.188 e. The van der Waals surface area contributed by atoms with Crippen molar-refractivity contribution in [1.82, 2.24) is 0 Å². The van der Waals surface area contributed by atoms with Gasteiger partial charge in [0.05, 0.1) is 0 Å². The summed E-state index contributed by atoms with van der Waals surface area (Å²) in [7, 11) is 0. The van der Waals surface area contributed by atoms with Gasteiger partial charge < -0.3 is 5.73 Å². The maximum absolute atomic E-state index is 10.8. The standard InChI is InChI=1S/C7H15NOS/c1-7(2,8)5-4-6(9)10-3/h4-5,8H2,1-3H3. The molecular formula is C7H15NOS. The van der Waals surface area contributed by atoms with Gasteiger partial charge in [0.25, 0.3) is 0 Å². The minimum absolute atomic E-state index is 0.203. The highest BCUT2D eigenvalue weighted by Crippen LogP contribution is 2.10. The largest absolute Gasteiger partial charge is 0.326 e. The Bertz CT molecular complexity index is 117. The first-order chi connectivity index (χ1) is 4.45. The van der Waals surface area contributed by atoms with Gasteiger partial charge in [0.1, 0.15) is 0 Å². The number of nitrogens with two attached hydrogens (primary N) is 1. The number of hydrogen-bond acceptors (Lipinski definition) is 3. The lowest BCUT2D eigenvalue weighted by molar-refractivity contribution is -0.111. The summed E-state index contributed by atoms with van der Waals surface area (Å²) in [6.45, 7) is 3.86. The van der Waals surface area contributed by atoms with E-state index in [1.54, 1.807) is 6.26 Å². The topological polar surface area (TPSA) is 43.1 Å². The van der Waals surface area contributed by atoms with Crippen LogP contribution in [-0.2, 0) is 4.79 Å². The van der Waals surface area contributed by atoms with E-state index in [0.29, 0.717) is 6.42 Å². The van der Waals surface area contributed by atoms with Crippen molar-refractivity contribution in [3.63, 3.8) is 0 Å². The van der Waals surface area contributed by atoms with Crippen molar-refractivity contribution in [2.45, 2.75) is 32.2 Å². The van der Waals surface area contributed by atoms with Gasteiger partial charge in [0, 0.05) is 12.0 Å². The molecule has 0 amide bonds. The molecule has 0 saturated heterocycles. The fourth-order valence-electron chi connectivity index (χ4n) is 0.526. The highest BCUT2D eigenvalue weighted by molar-refractivity contribution is 8.13. The Kier molecular flexibility index (Phi) is 3.98. The Morgan fingerprint density at radius 1 is 1.60 bits per heavy atom. The minimum atomic E-state index is -0.203. The lowest BCUT2D eigenvalue weighted by atomic mass is 10.0. The Morgan fingerprint density at radius 3 is 2.40 bits per heavy atom. The van der Waals surface area contributed by atoms with Crippen LogP contribution in [0.25, 0.3) is 0 Å². The van der Waals surface area contributed by atoms with Crippen molar-refractivity contribution in [2.75, 3.05) is 6.26 Å². The first kappa shape index (κ1) is 9.98. The first-order valence-electron chi connectivity index (χ1n) is 3.31. The quantitative estimate of drug-likeness (QED) is 0.680. The van der Waals surface area contributed by atoms with Crippen molar-refractivity contribution in [3.8, 4) is 0 Å². The molecule has 0 rings (SSSR count). The lowest BCUT2D eigenvalue weighted by Crippen LogP contribution is -2.32. The molecule has 0 fully saturated rings. The molecule has 0 bridgehead atoms. The van der Waals surface area contributed by atoms with E-state index in [0.717, 1.165) is 6.42 Å². The summed E-state index contributed by atoms with van der Waals surface area (Å²) in [6.07, 6.45) is 3.16. The average Bonchev–Trinajstić information content (AvgIpc) is 1.81. The predicted molar refractivity (Wildman–Crippen MR) is 46.0 cm³/mol. The van der Waals surface area contributed by atoms with Crippen molar-refractivity contribution < 1.29 is 4.79 Å². The summed E-state index contributed by atoms with van der Waals surface area (Å²) in [5.74, 6) is 0. The Morgan fingerprint density at radius 2 is 2.10 bits per heavy atom. The molecule has 0 aliphatic carbocycles. The second-order valence-electron chi connectivity index (χ2n) is 3.06. The third-order valence-corrected chi connectivity index (χ3v) is 1.86. The van der Waals surface area contributed by atoms with Crippen LogP contribution in [0.15, 0.2) is 0 Å². The third-order valence-electron chi connectivity index (χ3n) is 1.20. The SMILES string of the molecule is CSC(=O)CCC(C)(C)N. The lowest BCUT2D eigenvalue weighted by Gasteiger charge is -2.16. The van der Waals surface area contributed by atoms with Gasteiger partial charge in [-0.15, -0.1) is 0 Å². The van der Waals surface area contributed by atoms with Crippen LogP contribution < -0.4 is 5.73 Å². The fourth-order valence-corrected chi connectivity index (χ4v) is 0.832. The van der Waals surface area contributed by atoms with E-state index in [-0.39, 0.29) is 10.7 Å². The highest BCUT2D eigenvalue weighted by atomic mass is 32.2. The van der Waals surface area contributed by atoms with E-state index in [9.17, 15) is 4.79 Å². The second kappa shape index (κ2) is 3.98. The van der Waals surface area contributed by atoms with Crippen LogP contribution in [0.4, 0.5) is 0 Å². The van der Waals surface area contributed by atoms with Crippen molar-refractivity contribution in [1.29, 1.82) is 0 Å². The van der Waals surface area contributed by atoms with Crippen LogP contribution in [-0.4, -0.2) is 16.9 Å². The number of carbonyl (C=O) groups excluding carboxylic acids is 1. The molecule has 0 unspecified atom stereocenters. The number of thioether (sulfide) groups is 1. The van der Waals surface area contributed by atoms with E-state index in [1.807, 2.05) is 13.8 Å². The van der Waals surface area contributed by atoms with E-state index in [1.165, 1.54) is 11.8 Å². The van der Waals surface area contributed by atoms with Crippen molar-refractivity contribution in [2.24, 2.45) is 5.73 Å². The zero-order chi connectivity index (χ0) is 8.20. The molecule has 2 nitrogen and oxygen atoms in total. The zero-order valence-electron chi connectivity index (χ0n) is 6.81. The molecule has 0 atom stereocenters. The summed E-state index contributed by atoms with van der Waals surface area (Å²) in [6, 6.07) is 0. The van der Waals surface area contributed by atoms with E-state index >= 15 is 0 Å². The fraction of sp³-hybridized carbons (Fsp3) is 0.857. The molecule has 60 valence electrons. The first-order valence-corrected chi connectivity index (χ1v) is 4.54. The molecule has 0 aromatic heterocycles. The second-order valence-corrected chi connectivity index (χ2v) is 3.93. The van der Waals surface area contributed by atoms with Gasteiger partial charge in [-0.3, -0.25) is 4.79 Å². The molecule has 0 aliphatic rings. The highest BCUT2D eigenvalue weighted by Gasteiger charge is 2.11. The number of rotatable bonds is 3. The van der Waals surface area contributed by atoms with Crippen LogP contribution in [0.3, 0.4) is 0 Å². The molecule has 0 saturated carbocycles. The summed E-state index contributed by atoms with van der Waals surface area (Å²) >= 11 is 1.27. The van der Waals surface area contributed by atoms with Crippen LogP contribution >= 0.6 is 11.8 Å². The van der Waals surface area contributed by atoms with Crippen molar-refractivity contribution in [3.05, 3.63) is 0 Å². The third kappa shape index (κ3) is 6.11. The van der Waals surface area contributed by atoms with Gasteiger partial charge in [0.2, 0.25) is 0 Å². The maximum atomic E-state index is 10.8. The van der Waals surface area contributed by atoms with Gasteiger partial charge in [0.15, 0.2) is 5.12 Å². The van der Waals surface area contributed by atoms with Crippen molar-refractivity contribution >= 4 is 16.9 Å². The molecule has 0 heterocycles. The number of hydrogen-bond donors (Lipinski definition) is 1. The van der Waals surface area contributed by atoms with Crippen LogP contribution in [0, 0.1) is 0 Å². The van der Waals surface area contributed by atoms with Gasteiger partial charge in [-0.2, -0.15) is 0 Å². The van der Waals surface area contributed by atoms with Gasteiger partial charge in [-0.1, -0.05) is 11.8 Å². The molecule has 0 aromatic carbocycles. The summed E-state index contributed by atoms with van der Waals surface area (Å²) in [4.78, 5) is 10.8. The van der Waals surface area contributed by atoms with Gasteiger partial charge in [-0.25, -0.2) is 0 Å². The molecule has 0 aliphatic heterocycles. The monoisotopic (exact) mass is 161 g/mol. The van der Waals surface area contributed by atoms with Gasteiger partial charge >= 0.3 is 0 Å². The van der Waals surface area contributed by atoms with Crippen LogP contribution in [0.5, 0.6) is 0 Å². The number of carbonyl (C=O) groups is 1. The average molecular weight is 161 g/mol. The normalized spacial score (nSPS) is 11.6. The summed E-state index contributed by atoms with van der Waals surface area (Å²) < 4.78 is 0. The molecule has 10 heavy (non-hydrogen) atoms. The van der Waals surface area contributed by atoms with E-state index in [4.69, 9.17) is 5.73 Å². The Hall–Kier alpha value is -0.0200. The summed E-state index contributed by atoms with van der Waals surface area (Å²) in [5, 5.41) is 0.221. The molecular weight excluding hydrogens is 146 g/mol. The Labute approximate surface area is 66.6 Å². The van der Waals surface area contributed by atoms with Gasteiger partial charge in [-0.05, 0) is 26.5 Å². The molecule has 0 spiro atoms. The molecule has 0 aromatic rings. The Balaban J connectivity index is 3.46. The molecule has 3 heteroatoms. The zero-order valence-corrected chi connectivity index (χ0v) is 7.62. The predicted octanol–water partition coefficient (Wildman–Crippen LogP) is 1.39. The van der Waals surface area contributed by atoms with Crippen LogP contribution in [0.1, 0.15) is 26.7 Å². The van der Waals surface area contributed by atoms with E-state index in [2.05, 4.69) is 0 Å². The maximum Gasteiger partial charge on any atom is 0.188 e. The summed E-state index contributed by atoms with van der Waals surface area (Å²) in [5.41, 5.74) is 5.47. The minimum Gasteiger partial charge on any atom is -0.326 e. The molecule has 2 N–H and O–H groups in total.